The summed E-state index contributed by atoms with van der Waals surface area (Å²) < 4.78 is 5.72. The molecule has 2 rings (SSSR count). The van der Waals surface area contributed by atoms with Crippen LogP contribution in [-0.2, 0) is 6.61 Å². The second-order valence-electron chi connectivity index (χ2n) is 3.98. The van der Waals surface area contributed by atoms with Gasteiger partial charge in [0, 0.05) is 5.02 Å². The van der Waals surface area contributed by atoms with Crippen molar-refractivity contribution in [3.63, 3.8) is 0 Å². The van der Waals surface area contributed by atoms with Crippen LogP contribution in [0.25, 0.3) is 0 Å². The van der Waals surface area contributed by atoms with E-state index in [1.54, 1.807) is 6.07 Å². The molecule has 0 unspecified atom stereocenters. The minimum atomic E-state index is 0.427. The van der Waals surface area contributed by atoms with E-state index >= 15 is 0 Å². The van der Waals surface area contributed by atoms with Gasteiger partial charge in [-0.05, 0) is 36.2 Å². The normalized spacial score (nSPS) is 9.83. The van der Waals surface area contributed by atoms with E-state index in [0.29, 0.717) is 22.9 Å². The van der Waals surface area contributed by atoms with Gasteiger partial charge in [-0.2, -0.15) is 5.26 Å². The van der Waals surface area contributed by atoms with Gasteiger partial charge in [-0.25, -0.2) is 0 Å². The summed E-state index contributed by atoms with van der Waals surface area (Å²) in [4.78, 5) is 0. The number of aryl methyl sites for hydroxylation is 1. The molecule has 90 valence electrons. The largest absolute Gasteiger partial charge is 0.487 e. The van der Waals surface area contributed by atoms with Crippen LogP contribution in [-0.4, -0.2) is 0 Å². The average molecular weight is 258 g/mol. The van der Waals surface area contributed by atoms with Crippen molar-refractivity contribution in [1.29, 1.82) is 5.26 Å². The minimum Gasteiger partial charge on any atom is -0.487 e. The first-order chi connectivity index (χ1) is 8.70. The Labute approximate surface area is 111 Å². The molecular formula is C15H12ClNO. The lowest BCUT2D eigenvalue weighted by atomic mass is 10.1. The molecule has 0 aromatic heterocycles. The molecule has 2 aromatic rings. The minimum absolute atomic E-state index is 0.427. The molecule has 0 atom stereocenters. The summed E-state index contributed by atoms with van der Waals surface area (Å²) in [5.41, 5.74) is 2.54. The standard InChI is InChI=1S/C15H12ClNO/c1-11-3-2-4-13(9-17)15(11)18-10-12-5-7-14(16)8-6-12/h2-8H,10H2,1H3. The van der Waals surface area contributed by atoms with Crippen molar-refractivity contribution < 1.29 is 4.74 Å². The summed E-state index contributed by atoms with van der Waals surface area (Å²) in [5.74, 6) is 0.648. The third-order valence-electron chi connectivity index (χ3n) is 2.63. The van der Waals surface area contributed by atoms with E-state index < -0.39 is 0 Å². The molecule has 0 saturated carbocycles. The topological polar surface area (TPSA) is 33.0 Å². The fraction of sp³-hybridized carbons (Fsp3) is 0.133. The molecule has 0 bridgehead atoms. The number of nitriles is 1. The van der Waals surface area contributed by atoms with E-state index in [0.717, 1.165) is 11.1 Å². The zero-order chi connectivity index (χ0) is 13.0. The third-order valence-corrected chi connectivity index (χ3v) is 2.88. The van der Waals surface area contributed by atoms with Gasteiger partial charge in [-0.15, -0.1) is 0 Å². The Bertz CT molecular complexity index is 584. The first-order valence-electron chi connectivity index (χ1n) is 5.57. The maximum Gasteiger partial charge on any atom is 0.140 e. The number of para-hydroxylation sites is 1. The number of hydrogen-bond donors (Lipinski definition) is 0. The molecule has 0 spiro atoms. The van der Waals surface area contributed by atoms with Crippen molar-refractivity contribution in [3.05, 3.63) is 64.2 Å². The summed E-state index contributed by atoms with van der Waals surface area (Å²) in [5, 5.41) is 9.73. The van der Waals surface area contributed by atoms with E-state index in [1.807, 2.05) is 43.3 Å². The number of hydrogen-bond acceptors (Lipinski definition) is 2. The molecule has 18 heavy (non-hydrogen) atoms. The maximum absolute atomic E-state index is 9.03. The lowest BCUT2D eigenvalue weighted by Gasteiger charge is -2.10. The third kappa shape index (κ3) is 2.82. The highest BCUT2D eigenvalue weighted by atomic mass is 35.5. The van der Waals surface area contributed by atoms with Gasteiger partial charge in [0.15, 0.2) is 0 Å². The van der Waals surface area contributed by atoms with Crippen molar-refractivity contribution in [1.82, 2.24) is 0 Å². The van der Waals surface area contributed by atoms with Crippen LogP contribution in [0.3, 0.4) is 0 Å². The summed E-state index contributed by atoms with van der Waals surface area (Å²) in [6, 6.07) is 15.1. The Morgan fingerprint density at radius 1 is 1.17 bits per heavy atom. The molecular weight excluding hydrogens is 246 g/mol. The fourth-order valence-corrected chi connectivity index (χ4v) is 1.79. The van der Waals surface area contributed by atoms with Gasteiger partial charge in [0.2, 0.25) is 0 Å². The summed E-state index contributed by atoms with van der Waals surface area (Å²) in [6.07, 6.45) is 0. The molecule has 0 radical (unpaired) electrons. The van der Waals surface area contributed by atoms with E-state index in [2.05, 4.69) is 6.07 Å². The highest BCUT2D eigenvalue weighted by Crippen LogP contribution is 2.23. The molecule has 2 aromatic carbocycles. The van der Waals surface area contributed by atoms with Crippen LogP contribution in [0.5, 0.6) is 5.75 Å². The number of nitrogens with zero attached hydrogens (tertiary/aromatic N) is 1. The van der Waals surface area contributed by atoms with Crippen molar-refractivity contribution in [2.24, 2.45) is 0 Å². The molecule has 3 heteroatoms. The molecule has 2 nitrogen and oxygen atoms in total. The van der Waals surface area contributed by atoms with Crippen LogP contribution in [0, 0.1) is 18.3 Å². The predicted octanol–water partition coefficient (Wildman–Crippen LogP) is 4.10. The van der Waals surface area contributed by atoms with Crippen LogP contribution in [0.4, 0.5) is 0 Å². The SMILES string of the molecule is Cc1cccc(C#N)c1OCc1ccc(Cl)cc1. The van der Waals surface area contributed by atoms with E-state index in [-0.39, 0.29) is 0 Å². The van der Waals surface area contributed by atoms with E-state index in [4.69, 9.17) is 21.6 Å². The molecule has 0 fully saturated rings. The average Bonchev–Trinajstić information content (AvgIpc) is 2.39. The van der Waals surface area contributed by atoms with E-state index in [1.165, 1.54) is 0 Å². The fourth-order valence-electron chi connectivity index (χ4n) is 1.67. The quantitative estimate of drug-likeness (QED) is 0.829. The van der Waals surface area contributed by atoms with Crippen LogP contribution >= 0.6 is 11.6 Å². The lowest BCUT2D eigenvalue weighted by molar-refractivity contribution is 0.303. The molecule has 0 aliphatic rings. The zero-order valence-electron chi connectivity index (χ0n) is 9.98. The van der Waals surface area contributed by atoms with Crippen LogP contribution in [0.15, 0.2) is 42.5 Å². The summed E-state index contributed by atoms with van der Waals surface area (Å²) >= 11 is 5.82. The highest BCUT2D eigenvalue weighted by Gasteiger charge is 2.06. The van der Waals surface area contributed by atoms with Gasteiger partial charge in [-0.1, -0.05) is 35.9 Å². The van der Waals surface area contributed by atoms with Crippen LogP contribution in [0.1, 0.15) is 16.7 Å². The van der Waals surface area contributed by atoms with Crippen molar-refractivity contribution in [2.45, 2.75) is 13.5 Å². The Morgan fingerprint density at radius 2 is 1.89 bits per heavy atom. The lowest BCUT2D eigenvalue weighted by Crippen LogP contribution is -1.99. The highest BCUT2D eigenvalue weighted by molar-refractivity contribution is 6.30. The maximum atomic E-state index is 9.03. The molecule has 0 N–H and O–H groups in total. The van der Waals surface area contributed by atoms with Gasteiger partial charge in [0.05, 0.1) is 5.56 Å². The number of ether oxygens (including phenoxy) is 1. The molecule has 0 amide bonds. The molecule has 0 heterocycles. The molecule has 0 aliphatic heterocycles. The monoisotopic (exact) mass is 257 g/mol. The predicted molar refractivity (Wildman–Crippen MR) is 71.7 cm³/mol. The smallest absolute Gasteiger partial charge is 0.140 e. The van der Waals surface area contributed by atoms with Crippen LogP contribution in [0.2, 0.25) is 5.02 Å². The number of rotatable bonds is 3. The second-order valence-corrected chi connectivity index (χ2v) is 4.41. The summed E-state index contributed by atoms with van der Waals surface area (Å²) in [6.45, 7) is 2.36. The van der Waals surface area contributed by atoms with Gasteiger partial charge in [0.1, 0.15) is 18.4 Å². The number of benzene rings is 2. The Morgan fingerprint density at radius 3 is 2.56 bits per heavy atom. The Hall–Kier alpha value is -1.98. The van der Waals surface area contributed by atoms with Crippen molar-refractivity contribution >= 4 is 11.6 Å². The number of halogens is 1. The van der Waals surface area contributed by atoms with Gasteiger partial charge in [-0.3, -0.25) is 0 Å². The van der Waals surface area contributed by atoms with E-state index in [9.17, 15) is 0 Å². The van der Waals surface area contributed by atoms with Crippen molar-refractivity contribution in [3.8, 4) is 11.8 Å². The zero-order valence-corrected chi connectivity index (χ0v) is 10.7. The first kappa shape index (κ1) is 12.5. The van der Waals surface area contributed by atoms with Gasteiger partial charge in [0.25, 0.3) is 0 Å². The first-order valence-corrected chi connectivity index (χ1v) is 5.95. The van der Waals surface area contributed by atoms with Crippen LogP contribution < -0.4 is 4.74 Å². The van der Waals surface area contributed by atoms with Crippen molar-refractivity contribution in [2.75, 3.05) is 0 Å². The summed E-state index contributed by atoms with van der Waals surface area (Å²) in [7, 11) is 0. The molecule has 0 aliphatic carbocycles. The van der Waals surface area contributed by atoms with Gasteiger partial charge >= 0.3 is 0 Å². The Balaban J connectivity index is 2.16. The second kappa shape index (κ2) is 5.57. The van der Waals surface area contributed by atoms with Gasteiger partial charge < -0.3 is 4.74 Å². The Kier molecular flexibility index (Phi) is 3.86. The molecule has 0 saturated heterocycles.